The van der Waals surface area contributed by atoms with Crippen molar-refractivity contribution in [1.29, 1.82) is 0 Å². The van der Waals surface area contributed by atoms with Gasteiger partial charge in [0.15, 0.2) is 0 Å². The standard InChI is InChI=1S/C28H34O7/c1-6-7-22-17-26(33-14-15-34-27(30)19(2)3)25(16-23(22)18-35-28(31)20(4)5)21-8-10-24(11-9-21)32-13-12-29/h8-11,16-17,29H,2,4,6-7,12-15,18H2,1,3,5H3. The Balaban J connectivity index is 2.37. The molecule has 0 aromatic heterocycles. The van der Waals surface area contributed by atoms with Gasteiger partial charge in [-0.05, 0) is 61.2 Å². The van der Waals surface area contributed by atoms with Gasteiger partial charge in [-0.25, -0.2) is 9.59 Å². The van der Waals surface area contributed by atoms with Crippen LogP contribution in [0.25, 0.3) is 11.1 Å². The molecular formula is C28H34O7. The molecule has 0 amide bonds. The van der Waals surface area contributed by atoms with Gasteiger partial charge in [-0.1, -0.05) is 38.6 Å². The zero-order valence-corrected chi connectivity index (χ0v) is 20.7. The van der Waals surface area contributed by atoms with E-state index in [1.54, 1.807) is 13.8 Å². The maximum Gasteiger partial charge on any atom is 0.333 e. The Morgan fingerprint density at radius 1 is 0.857 bits per heavy atom. The van der Waals surface area contributed by atoms with Crippen molar-refractivity contribution in [2.75, 3.05) is 26.4 Å². The number of aliphatic hydroxyl groups is 1. The number of hydrogen-bond donors (Lipinski definition) is 1. The van der Waals surface area contributed by atoms with Crippen molar-refractivity contribution >= 4 is 11.9 Å². The molecule has 0 radical (unpaired) electrons. The number of esters is 2. The summed E-state index contributed by atoms with van der Waals surface area (Å²) in [4.78, 5) is 23.6. The van der Waals surface area contributed by atoms with Gasteiger partial charge in [-0.15, -0.1) is 0 Å². The van der Waals surface area contributed by atoms with E-state index in [1.807, 2.05) is 36.4 Å². The second-order valence-electron chi connectivity index (χ2n) is 8.08. The molecule has 2 aromatic rings. The van der Waals surface area contributed by atoms with Gasteiger partial charge in [0.2, 0.25) is 0 Å². The van der Waals surface area contributed by atoms with Gasteiger partial charge < -0.3 is 24.1 Å². The Bertz CT molecular complexity index is 1040. The minimum atomic E-state index is -0.464. The summed E-state index contributed by atoms with van der Waals surface area (Å²) in [6, 6.07) is 11.3. The molecule has 0 atom stereocenters. The summed E-state index contributed by atoms with van der Waals surface area (Å²) in [6.45, 7) is 13.0. The van der Waals surface area contributed by atoms with Crippen LogP contribution in [0, 0.1) is 0 Å². The fourth-order valence-electron chi connectivity index (χ4n) is 3.22. The molecule has 2 aromatic carbocycles. The quantitative estimate of drug-likeness (QED) is 0.235. The van der Waals surface area contributed by atoms with Gasteiger partial charge >= 0.3 is 11.9 Å². The lowest BCUT2D eigenvalue weighted by molar-refractivity contribution is -0.140. The predicted molar refractivity (Wildman–Crippen MR) is 134 cm³/mol. The summed E-state index contributed by atoms with van der Waals surface area (Å²) in [6.07, 6.45) is 1.67. The second-order valence-corrected chi connectivity index (χ2v) is 8.08. The molecule has 2 rings (SSSR count). The number of aliphatic hydroxyl groups excluding tert-OH is 1. The summed E-state index contributed by atoms with van der Waals surface area (Å²) in [5, 5.41) is 8.97. The van der Waals surface area contributed by atoms with Crippen LogP contribution in [-0.4, -0.2) is 43.5 Å². The summed E-state index contributed by atoms with van der Waals surface area (Å²) in [7, 11) is 0. The molecule has 0 spiro atoms. The summed E-state index contributed by atoms with van der Waals surface area (Å²) >= 11 is 0. The highest BCUT2D eigenvalue weighted by molar-refractivity contribution is 5.87. The lowest BCUT2D eigenvalue weighted by Crippen LogP contribution is -2.13. The van der Waals surface area contributed by atoms with E-state index in [4.69, 9.17) is 24.1 Å². The molecule has 35 heavy (non-hydrogen) atoms. The van der Waals surface area contributed by atoms with Crippen molar-refractivity contribution in [1.82, 2.24) is 0 Å². The van der Waals surface area contributed by atoms with Crippen molar-refractivity contribution < 1.29 is 33.6 Å². The number of hydrogen-bond acceptors (Lipinski definition) is 7. The van der Waals surface area contributed by atoms with Crippen LogP contribution in [0.2, 0.25) is 0 Å². The third-order valence-corrected chi connectivity index (χ3v) is 4.98. The van der Waals surface area contributed by atoms with E-state index in [0.717, 1.165) is 35.1 Å². The van der Waals surface area contributed by atoms with Crippen LogP contribution >= 0.6 is 0 Å². The average Bonchev–Trinajstić information content (AvgIpc) is 2.84. The van der Waals surface area contributed by atoms with Crippen molar-refractivity contribution in [3.05, 3.63) is 71.8 Å². The minimum absolute atomic E-state index is 0.0686. The number of carbonyl (C=O) groups excluding carboxylic acids is 2. The highest BCUT2D eigenvalue weighted by Gasteiger charge is 2.15. The Labute approximate surface area is 207 Å². The average molecular weight is 483 g/mol. The summed E-state index contributed by atoms with van der Waals surface area (Å²) in [5.74, 6) is 0.349. The van der Waals surface area contributed by atoms with Crippen molar-refractivity contribution in [2.24, 2.45) is 0 Å². The molecule has 0 saturated carbocycles. The van der Waals surface area contributed by atoms with Crippen LogP contribution in [0.5, 0.6) is 11.5 Å². The number of carbonyl (C=O) groups is 2. The Morgan fingerprint density at radius 3 is 2.11 bits per heavy atom. The smallest absolute Gasteiger partial charge is 0.333 e. The molecule has 0 unspecified atom stereocenters. The van der Waals surface area contributed by atoms with Crippen LogP contribution in [-0.2, 0) is 32.1 Å². The Hall–Kier alpha value is -3.58. The molecule has 1 N–H and O–H groups in total. The molecule has 0 aliphatic heterocycles. The molecule has 0 aliphatic carbocycles. The Kier molecular flexibility index (Phi) is 11.0. The van der Waals surface area contributed by atoms with Crippen LogP contribution in [0.3, 0.4) is 0 Å². The van der Waals surface area contributed by atoms with E-state index >= 15 is 0 Å². The van der Waals surface area contributed by atoms with Crippen LogP contribution < -0.4 is 9.47 Å². The van der Waals surface area contributed by atoms with Gasteiger partial charge in [-0.3, -0.25) is 0 Å². The first-order chi connectivity index (χ1) is 16.8. The van der Waals surface area contributed by atoms with Crippen LogP contribution in [0.4, 0.5) is 0 Å². The van der Waals surface area contributed by atoms with Crippen molar-refractivity contribution in [3.63, 3.8) is 0 Å². The van der Waals surface area contributed by atoms with E-state index in [1.165, 1.54) is 0 Å². The molecule has 0 aliphatic rings. The molecular weight excluding hydrogens is 448 g/mol. The molecule has 0 saturated heterocycles. The van der Waals surface area contributed by atoms with Crippen LogP contribution in [0.15, 0.2) is 60.7 Å². The molecule has 0 fully saturated rings. The van der Waals surface area contributed by atoms with Crippen molar-refractivity contribution in [2.45, 2.75) is 40.2 Å². The zero-order chi connectivity index (χ0) is 25.8. The fourth-order valence-corrected chi connectivity index (χ4v) is 3.22. The minimum Gasteiger partial charge on any atom is -0.491 e. The van der Waals surface area contributed by atoms with E-state index in [2.05, 4.69) is 20.1 Å². The monoisotopic (exact) mass is 482 g/mol. The topological polar surface area (TPSA) is 91.3 Å². The first-order valence-electron chi connectivity index (χ1n) is 11.5. The van der Waals surface area contributed by atoms with E-state index < -0.39 is 11.9 Å². The van der Waals surface area contributed by atoms with Gasteiger partial charge in [-0.2, -0.15) is 0 Å². The predicted octanol–water partition coefficient (Wildman–Crippen LogP) is 4.79. The largest absolute Gasteiger partial charge is 0.491 e. The van der Waals surface area contributed by atoms with Gasteiger partial charge in [0.05, 0.1) is 6.61 Å². The van der Waals surface area contributed by atoms with E-state index in [9.17, 15) is 9.59 Å². The maximum absolute atomic E-state index is 12.0. The van der Waals surface area contributed by atoms with Crippen LogP contribution in [0.1, 0.15) is 38.3 Å². The van der Waals surface area contributed by atoms with Gasteiger partial charge in [0, 0.05) is 16.7 Å². The Morgan fingerprint density at radius 2 is 1.51 bits per heavy atom. The zero-order valence-electron chi connectivity index (χ0n) is 20.7. The fraction of sp³-hybridized carbons (Fsp3) is 0.357. The SMILES string of the molecule is C=C(C)C(=O)OCCOc1cc(CCC)c(COC(=O)C(=C)C)cc1-c1ccc(OCCO)cc1. The number of aryl methyl sites for hydroxylation is 1. The normalized spacial score (nSPS) is 10.4. The van der Waals surface area contributed by atoms with Gasteiger partial charge in [0.1, 0.15) is 37.9 Å². The first kappa shape index (κ1) is 27.7. The third-order valence-electron chi connectivity index (χ3n) is 4.98. The highest BCUT2D eigenvalue weighted by Crippen LogP contribution is 2.35. The first-order valence-corrected chi connectivity index (χ1v) is 11.5. The lowest BCUT2D eigenvalue weighted by atomic mass is 9.96. The van der Waals surface area contributed by atoms with Crippen molar-refractivity contribution in [3.8, 4) is 22.6 Å². The third kappa shape index (κ3) is 8.61. The lowest BCUT2D eigenvalue weighted by Gasteiger charge is -2.18. The van der Waals surface area contributed by atoms with E-state index in [-0.39, 0.29) is 33.0 Å². The molecule has 7 heteroatoms. The molecule has 0 heterocycles. The summed E-state index contributed by atoms with van der Waals surface area (Å²) < 4.78 is 22.1. The van der Waals surface area contributed by atoms with Gasteiger partial charge in [0.25, 0.3) is 0 Å². The molecule has 188 valence electrons. The second kappa shape index (κ2) is 14.0. The molecule has 7 nitrogen and oxygen atoms in total. The summed E-state index contributed by atoms with van der Waals surface area (Å²) in [5.41, 5.74) is 4.20. The maximum atomic E-state index is 12.0. The number of ether oxygens (including phenoxy) is 4. The van der Waals surface area contributed by atoms with E-state index in [0.29, 0.717) is 22.6 Å². The highest BCUT2D eigenvalue weighted by atomic mass is 16.6. The molecule has 0 bridgehead atoms. The number of rotatable bonds is 14. The number of benzene rings is 2.